The summed E-state index contributed by atoms with van der Waals surface area (Å²) in [4.78, 5) is 0. The van der Waals surface area contributed by atoms with E-state index >= 15 is 0 Å². The van der Waals surface area contributed by atoms with Gasteiger partial charge in [0.1, 0.15) is 5.60 Å². The van der Waals surface area contributed by atoms with Gasteiger partial charge in [0.25, 0.3) is 0 Å². The highest BCUT2D eigenvalue weighted by Crippen LogP contribution is 2.17. The predicted molar refractivity (Wildman–Crippen MR) is 88.5 cm³/mol. The zero-order valence-electron chi connectivity index (χ0n) is 14.2. The molecule has 0 radical (unpaired) electrons. The smallest absolute Gasteiger partial charge is 0.138 e. The summed E-state index contributed by atoms with van der Waals surface area (Å²) in [5.41, 5.74) is -0.743. The van der Waals surface area contributed by atoms with Crippen LogP contribution in [0.5, 0.6) is 0 Å². The minimum atomic E-state index is -0.743. The van der Waals surface area contributed by atoms with Crippen molar-refractivity contribution >= 4 is 0 Å². The van der Waals surface area contributed by atoms with E-state index in [1.807, 2.05) is 19.9 Å². The van der Waals surface area contributed by atoms with Crippen LogP contribution in [0, 0.1) is 36.0 Å². The van der Waals surface area contributed by atoms with Crippen molar-refractivity contribution in [1.82, 2.24) is 0 Å². The van der Waals surface area contributed by atoms with Gasteiger partial charge < -0.3 is 18.9 Å². The summed E-state index contributed by atoms with van der Waals surface area (Å²) in [5.74, 6) is 5.06. The van der Waals surface area contributed by atoms with Gasteiger partial charge in [0, 0.05) is 12.8 Å². The van der Waals surface area contributed by atoms with Crippen LogP contribution < -0.4 is 0 Å². The van der Waals surface area contributed by atoms with Crippen LogP contribution in [0.3, 0.4) is 0 Å². The topological polar surface area (TPSA) is 60.7 Å². The zero-order valence-corrected chi connectivity index (χ0v) is 14.2. The third kappa shape index (κ3) is 11.6. The lowest BCUT2D eigenvalue weighted by Gasteiger charge is -2.35. The maximum Gasteiger partial charge on any atom is 0.138 e. The summed E-state index contributed by atoms with van der Waals surface area (Å²) < 4.78 is 22.8. The van der Waals surface area contributed by atoms with Crippen LogP contribution in [0.1, 0.15) is 33.1 Å². The molecule has 0 fully saturated rings. The fourth-order valence-corrected chi connectivity index (χ4v) is 1.88. The molecule has 0 aromatic rings. The Labute approximate surface area is 140 Å². The first-order valence-corrected chi connectivity index (χ1v) is 7.75. The fourth-order valence-electron chi connectivity index (χ4n) is 1.88. The van der Waals surface area contributed by atoms with Gasteiger partial charge in [0.2, 0.25) is 0 Å². The van der Waals surface area contributed by atoms with Crippen molar-refractivity contribution in [3.05, 3.63) is 0 Å². The first-order chi connectivity index (χ1) is 11.1. The first-order valence-electron chi connectivity index (χ1n) is 7.75. The normalized spacial score (nSPS) is 11.0. The Balaban J connectivity index is 4.70. The minimum Gasteiger partial charge on any atom is -0.377 e. The summed E-state index contributed by atoms with van der Waals surface area (Å²) >= 11 is 0. The first kappa shape index (κ1) is 21.4. The number of nitrogens with zero attached hydrogens (tertiary/aromatic N) is 1. The van der Waals surface area contributed by atoms with Gasteiger partial charge in [0.05, 0.1) is 58.2 Å². The van der Waals surface area contributed by atoms with E-state index in [1.165, 1.54) is 0 Å². The van der Waals surface area contributed by atoms with E-state index in [1.54, 1.807) is 0 Å². The molecule has 0 bridgehead atoms. The Morgan fingerprint density at radius 1 is 0.870 bits per heavy atom. The Kier molecular flexibility index (Phi) is 13.1. The molecule has 0 spiro atoms. The quantitative estimate of drug-likeness (QED) is 0.362. The average molecular weight is 321 g/mol. The van der Waals surface area contributed by atoms with Crippen LogP contribution in [0.15, 0.2) is 0 Å². The number of hydrogen-bond acceptors (Lipinski definition) is 5. The highest BCUT2D eigenvalue weighted by atomic mass is 16.6. The largest absolute Gasteiger partial charge is 0.377 e. The zero-order chi connectivity index (χ0) is 17.4. The highest BCUT2D eigenvalue weighted by molar-refractivity contribution is 4.86. The summed E-state index contributed by atoms with van der Waals surface area (Å²) in [6.07, 6.45) is 11.8. The number of hydrogen-bond donors (Lipinski definition) is 0. The van der Waals surface area contributed by atoms with E-state index in [-0.39, 0.29) is 12.7 Å². The summed E-state index contributed by atoms with van der Waals surface area (Å²) in [6, 6.07) is 2.04. The Hall–Kier alpha value is -1.55. The van der Waals surface area contributed by atoms with Gasteiger partial charge in [-0.3, -0.25) is 0 Å². The highest BCUT2D eigenvalue weighted by Gasteiger charge is 2.34. The SMILES string of the molecule is C#CCCOCC(COCCC#C)(COCCC#N)OC(C)C. The molecule has 5 heteroatoms. The second-order valence-electron chi connectivity index (χ2n) is 5.32. The molecule has 0 aliphatic rings. The molecule has 0 unspecified atom stereocenters. The Morgan fingerprint density at radius 2 is 1.30 bits per heavy atom. The lowest BCUT2D eigenvalue weighted by molar-refractivity contribution is -0.182. The van der Waals surface area contributed by atoms with Gasteiger partial charge in [-0.1, -0.05) is 0 Å². The maximum atomic E-state index is 8.59. The van der Waals surface area contributed by atoms with E-state index in [9.17, 15) is 0 Å². The van der Waals surface area contributed by atoms with E-state index in [0.717, 1.165) is 0 Å². The van der Waals surface area contributed by atoms with Gasteiger partial charge in [0.15, 0.2) is 0 Å². The molecule has 0 aromatic heterocycles. The van der Waals surface area contributed by atoms with Crippen LogP contribution >= 0.6 is 0 Å². The van der Waals surface area contributed by atoms with Crippen LogP contribution in [0.25, 0.3) is 0 Å². The molecule has 0 atom stereocenters. The molecular weight excluding hydrogens is 294 g/mol. The molecule has 0 aliphatic heterocycles. The van der Waals surface area contributed by atoms with Gasteiger partial charge in [-0.2, -0.15) is 5.26 Å². The summed E-state index contributed by atoms with van der Waals surface area (Å²) in [5, 5.41) is 8.59. The third-order valence-corrected chi connectivity index (χ3v) is 2.72. The molecule has 0 aromatic carbocycles. The van der Waals surface area contributed by atoms with Crippen LogP contribution in [0.2, 0.25) is 0 Å². The molecule has 23 heavy (non-hydrogen) atoms. The fraction of sp³-hybridized carbons (Fsp3) is 0.722. The molecule has 0 rings (SSSR count). The van der Waals surface area contributed by atoms with Crippen molar-refractivity contribution < 1.29 is 18.9 Å². The van der Waals surface area contributed by atoms with Crippen LogP contribution in [-0.4, -0.2) is 51.3 Å². The third-order valence-electron chi connectivity index (χ3n) is 2.72. The number of terminal acetylenes is 2. The number of ether oxygens (including phenoxy) is 4. The predicted octanol–water partition coefficient (Wildman–Crippen LogP) is 2.16. The van der Waals surface area contributed by atoms with Crippen molar-refractivity contribution in [1.29, 1.82) is 5.26 Å². The van der Waals surface area contributed by atoms with E-state index in [0.29, 0.717) is 52.3 Å². The molecule has 5 nitrogen and oxygen atoms in total. The number of nitriles is 1. The van der Waals surface area contributed by atoms with Gasteiger partial charge >= 0.3 is 0 Å². The molecule has 128 valence electrons. The van der Waals surface area contributed by atoms with Gasteiger partial charge in [-0.25, -0.2) is 0 Å². The van der Waals surface area contributed by atoms with Crippen molar-refractivity contribution in [3.63, 3.8) is 0 Å². The molecule has 0 saturated heterocycles. The maximum absolute atomic E-state index is 8.59. The van der Waals surface area contributed by atoms with Crippen molar-refractivity contribution in [2.45, 2.75) is 44.8 Å². The van der Waals surface area contributed by atoms with Crippen molar-refractivity contribution in [3.8, 4) is 30.8 Å². The molecule has 0 amide bonds. The minimum absolute atomic E-state index is 0.0259. The lowest BCUT2D eigenvalue weighted by Crippen LogP contribution is -2.49. The van der Waals surface area contributed by atoms with Crippen LogP contribution in [0.4, 0.5) is 0 Å². The molecule has 0 aliphatic carbocycles. The second-order valence-corrected chi connectivity index (χ2v) is 5.32. The molecule has 0 saturated carbocycles. The number of rotatable bonds is 14. The summed E-state index contributed by atoms with van der Waals surface area (Å²) in [7, 11) is 0. The van der Waals surface area contributed by atoms with E-state index in [4.69, 9.17) is 37.1 Å². The standard InChI is InChI=1S/C18H27NO4/c1-5-7-11-20-14-18(23-17(3)4,15-21-12-8-6-2)16-22-13-9-10-19/h1-2,17H,7-9,11-16H2,3-4H3. The van der Waals surface area contributed by atoms with Crippen LogP contribution in [-0.2, 0) is 18.9 Å². The lowest BCUT2D eigenvalue weighted by atomic mass is 10.1. The van der Waals surface area contributed by atoms with E-state index in [2.05, 4.69) is 11.8 Å². The van der Waals surface area contributed by atoms with Gasteiger partial charge in [-0.05, 0) is 13.8 Å². The second kappa shape index (κ2) is 14.1. The monoisotopic (exact) mass is 321 g/mol. The van der Waals surface area contributed by atoms with Gasteiger partial charge in [-0.15, -0.1) is 24.7 Å². The molecular formula is C18H27NO4. The Bertz CT molecular complexity index is 359. The average Bonchev–Trinajstić information content (AvgIpc) is 2.52. The van der Waals surface area contributed by atoms with Crippen molar-refractivity contribution in [2.75, 3.05) is 39.6 Å². The molecule has 0 heterocycles. The van der Waals surface area contributed by atoms with Crippen molar-refractivity contribution in [2.24, 2.45) is 0 Å². The van der Waals surface area contributed by atoms with E-state index < -0.39 is 5.60 Å². The molecule has 0 N–H and O–H groups in total. The Morgan fingerprint density at radius 3 is 1.65 bits per heavy atom. The summed E-state index contributed by atoms with van der Waals surface area (Å²) in [6.45, 7) is 5.99.